The monoisotopic (exact) mass is 594 g/mol. The van der Waals surface area contributed by atoms with Crippen LogP contribution in [0.2, 0.25) is 0 Å². The summed E-state index contributed by atoms with van der Waals surface area (Å²) in [5, 5.41) is 6.30. The van der Waals surface area contributed by atoms with E-state index in [4.69, 9.17) is 9.47 Å². The molecule has 1 aromatic heterocycles. The number of piperazine rings is 1. The van der Waals surface area contributed by atoms with Crippen molar-refractivity contribution in [3.8, 4) is 17.4 Å². The molecule has 1 amide bonds. The lowest BCUT2D eigenvalue weighted by Gasteiger charge is -2.38. The molecule has 0 radical (unpaired) electrons. The normalized spacial score (nSPS) is 13.5. The van der Waals surface area contributed by atoms with Crippen molar-refractivity contribution in [1.82, 2.24) is 14.9 Å². The van der Waals surface area contributed by atoms with Gasteiger partial charge >= 0.3 is 0 Å². The van der Waals surface area contributed by atoms with Crippen molar-refractivity contribution in [2.45, 2.75) is 47.1 Å². The third-order valence-corrected chi connectivity index (χ3v) is 7.77. The largest absolute Gasteiger partial charge is 0.490 e. The summed E-state index contributed by atoms with van der Waals surface area (Å²) in [5.41, 5.74) is 4.90. The molecule has 2 N–H and O–H groups in total. The van der Waals surface area contributed by atoms with Gasteiger partial charge in [-0.2, -0.15) is 4.98 Å². The number of rotatable bonds is 11. The summed E-state index contributed by atoms with van der Waals surface area (Å²) < 4.78 is 12.2. The first-order valence-electron chi connectivity index (χ1n) is 15.3. The van der Waals surface area contributed by atoms with Gasteiger partial charge in [0.1, 0.15) is 5.56 Å². The molecule has 0 spiro atoms. The van der Waals surface area contributed by atoms with E-state index >= 15 is 0 Å². The molecule has 0 aliphatic carbocycles. The third-order valence-electron chi connectivity index (χ3n) is 7.77. The molecule has 0 unspecified atom stereocenters. The van der Waals surface area contributed by atoms with E-state index < -0.39 is 0 Å². The first kappa shape index (κ1) is 30.8. The van der Waals surface area contributed by atoms with E-state index in [0.717, 1.165) is 55.1 Å². The van der Waals surface area contributed by atoms with E-state index in [9.17, 15) is 4.79 Å². The molecule has 0 atom stereocenters. The minimum atomic E-state index is -0.363. The standard InChI is InChI=1S/C35H42N6O3/c1-6-22-43-30-12-7-8-13-31(30)44-34-29(33(42)38-32-25(4)10-9-11-26(32)5)23-36-35(39-34)37-27-14-16-28(17-15-27)41-20-18-40(19-21-41)24(2)3/h7-17,23-24H,6,18-22H2,1-5H3,(H,38,42)(H,36,37,39). The first-order chi connectivity index (χ1) is 21.3. The molecular weight excluding hydrogens is 552 g/mol. The van der Waals surface area contributed by atoms with Gasteiger partial charge in [-0.3, -0.25) is 9.69 Å². The van der Waals surface area contributed by atoms with E-state index in [-0.39, 0.29) is 17.4 Å². The van der Waals surface area contributed by atoms with Gasteiger partial charge in [0.25, 0.3) is 5.91 Å². The maximum absolute atomic E-state index is 13.6. The Kier molecular flexibility index (Phi) is 9.96. The Morgan fingerprint density at radius 1 is 0.909 bits per heavy atom. The molecule has 1 aliphatic rings. The van der Waals surface area contributed by atoms with Gasteiger partial charge in [0.2, 0.25) is 11.8 Å². The van der Waals surface area contributed by atoms with Crippen LogP contribution in [0.15, 0.2) is 72.9 Å². The van der Waals surface area contributed by atoms with Crippen LogP contribution < -0.4 is 25.0 Å². The quantitative estimate of drug-likeness (QED) is 0.188. The van der Waals surface area contributed by atoms with Gasteiger partial charge in [0, 0.05) is 55.5 Å². The number of hydrogen-bond donors (Lipinski definition) is 2. The fourth-order valence-corrected chi connectivity index (χ4v) is 5.20. The summed E-state index contributed by atoms with van der Waals surface area (Å²) >= 11 is 0. The number of carbonyl (C=O) groups is 1. The van der Waals surface area contributed by atoms with Crippen LogP contribution >= 0.6 is 0 Å². The van der Waals surface area contributed by atoms with Gasteiger partial charge in [-0.25, -0.2) is 4.98 Å². The number of benzene rings is 3. The van der Waals surface area contributed by atoms with Crippen LogP contribution in [0.25, 0.3) is 0 Å². The molecule has 4 aromatic rings. The summed E-state index contributed by atoms with van der Waals surface area (Å²) in [7, 11) is 0. The minimum absolute atomic E-state index is 0.124. The fourth-order valence-electron chi connectivity index (χ4n) is 5.20. The molecule has 5 rings (SSSR count). The molecule has 44 heavy (non-hydrogen) atoms. The van der Waals surface area contributed by atoms with Crippen LogP contribution in [-0.2, 0) is 0 Å². The SMILES string of the molecule is CCCOc1ccccc1Oc1nc(Nc2ccc(N3CCN(C(C)C)CC3)cc2)ncc1C(=O)Nc1c(C)cccc1C. The lowest BCUT2D eigenvalue weighted by atomic mass is 10.1. The molecule has 0 saturated carbocycles. The summed E-state index contributed by atoms with van der Waals surface area (Å²) in [6.07, 6.45) is 2.35. The second-order valence-corrected chi connectivity index (χ2v) is 11.3. The van der Waals surface area contributed by atoms with Crippen molar-refractivity contribution in [2.75, 3.05) is 48.3 Å². The van der Waals surface area contributed by atoms with Crippen molar-refractivity contribution in [3.05, 3.63) is 89.6 Å². The third kappa shape index (κ3) is 7.47. The fraction of sp³-hybridized carbons (Fsp3) is 0.343. The summed E-state index contributed by atoms with van der Waals surface area (Å²) in [4.78, 5) is 27.6. The van der Waals surface area contributed by atoms with E-state index in [1.54, 1.807) is 6.07 Å². The number of aromatic nitrogens is 2. The number of ether oxygens (including phenoxy) is 2. The van der Waals surface area contributed by atoms with Crippen LogP contribution in [0.5, 0.6) is 17.4 Å². The molecule has 9 nitrogen and oxygen atoms in total. The molecule has 2 heterocycles. The molecule has 1 aliphatic heterocycles. The number of hydrogen-bond acceptors (Lipinski definition) is 8. The minimum Gasteiger partial charge on any atom is -0.490 e. The second kappa shape index (κ2) is 14.2. The van der Waals surface area contributed by atoms with E-state index in [1.807, 2.05) is 69.3 Å². The second-order valence-electron chi connectivity index (χ2n) is 11.3. The molecule has 1 fully saturated rings. The van der Waals surface area contributed by atoms with E-state index in [0.29, 0.717) is 30.1 Å². The van der Waals surface area contributed by atoms with E-state index in [1.165, 1.54) is 11.9 Å². The zero-order valence-corrected chi connectivity index (χ0v) is 26.3. The van der Waals surface area contributed by atoms with Gasteiger partial charge in [0.05, 0.1) is 6.61 Å². The summed E-state index contributed by atoms with van der Waals surface area (Å²) in [5.74, 6) is 1.12. The predicted octanol–water partition coefficient (Wildman–Crippen LogP) is 7.20. The smallest absolute Gasteiger partial charge is 0.262 e. The molecular formula is C35H42N6O3. The Morgan fingerprint density at radius 2 is 1.59 bits per heavy atom. The van der Waals surface area contributed by atoms with Crippen LogP contribution in [0.3, 0.4) is 0 Å². The Labute approximate surface area is 260 Å². The highest BCUT2D eigenvalue weighted by atomic mass is 16.5. The van der Waals surface area contributed by atoms with Gasteiger partial charge in [-0.05, 0) is 81.6 Å². The molecule has 230 valence electrons. The zero-order chi connectivity index (χ0) is 31.1. The highest BCUT2D eigenvalue weighted by Crippen LogP contribution is 2.33. The molecule has 1 saturated heterocycles. The lowest BCUT2D eigenvalue weighted by molar-refractivity contribution is 0.102. The van der Waals surface area contributed by atoms with Gasteiger partial charge in [-0.1, -0.05) is 37.3 Å². The number of nitrogens with one attached hydrogen (secondary N) is 2. The Balaban J connectivity index is 1.38. The van der Waals surface area contributed by atoms with Crippen molar-refractivity contribution >= 4 is 28.9 Å². The number of amides is 1. The van der Waals surface area contributed by atoms with Gasteiger partial charge < -0.3 is 25.0 Å². The Hall–Kier alpha value is -4.63. The number of aryl methyl sites for hydroxylation is 2. The lowest BCUT2D eigenvalue weighted by Crippen LogP contribution is -2.48. The van der Waals surface area contributed by atoms with Crippen LogP contribution in [0.1, 0.15) is 48.7 Å². The summed E-state index contributed by atoms with van der Waals surface area (Å²) in [6.45, 7) is 15.1. The first-order valence-corrected chi connectivity index (χ1v) is 15.3. The molecule has 9 heteroatoms. The topological polar surface area (TPSA) is 91.9 Å². The zero-order valence-electron chi connectivity index (χ0n) is 26.3. The average molecular weight is 595 g/mol. The number of carbonyl (C=O) groups excluding carboxylic acids is 1. The number of anilines is 4. The number of nitrogens with zero attached hydrogens (tertiary/aromatic N) is 4. The Morgan fingerprint density at radius 3 is 2.25 bits per heavy atom. The summed E-state index contributed by atoms with van der Waals surface area (Å²) in [6, 6.07) is 22.1. The van der Waals surface area contributed by atoms with E-state index in [2.05, 4.69) is 56.4 Å². The van der Waals surface area contributed by atoms with Crippen LogP contribution in [0, 0.1) is 13.8 Å². The van der Waals surface area contributed by atoms with Crippen LogP contribution in [0.4, 0.5) is 23.0 Å². The predicted molar refractivity (Wildman–Crippen MR) is 177 cm³/mol. The van der Waals surface area contributed by atoms with Crippen molar-refractivity contribution in [1.29, 1.82) is 0 Å². The highest BCUT2D eigenvalue weighted by molar-refractivity contribution is 6.06. The van der Waals surface area contributed by atoms with Crippen LogP contribution in [-0.4, -0.2) is 59.6 Å². The molecule has 3 aromatic carbocycles. The average Bonchev–Trinajstić information content (AvgIpc) is 3.03. The maximum atomic E-state index is 13.6. The maximum Gasteiger partial charge on any atom is 0.262 e. The van der Waals surface area contributed by atoms with Gasteiger partial charge in [-0.15, -0.1) is 0 Å². The molecule has 0 bridgehead atoms. The van der Waals surface area contributed by atoms with Gasteiger partial charge in [0.15, 0.2) is 11.5 Å². The number of para-hydroxylation sites is 3. The Bertz CT molecular complexity index is 1550. The van der Waals surface area contributed by atoms with Crippen molar-refractivity contribution < 1.29 is 14.3 Å². The highest BCUT2D eigenvalue weighted by Gasteiger charge is 2.21. The van der Waals surface area contributed by atoms with Crippen molar-refractivity contribution in [2.24, 2.45) is 0 Å². The van der Waals surface area contributed by atoms with Crippen molar-refractivity contribution in [3.63, 3.8) is 0 Å².